The van der Waals surface area contributed by atoms with Crippen molar-refractivity contribution in [3.05, 3.63) is 0 Å². The summed E-state index contributed by atoms with van der Waals surface area (Å²) in [6, 6.07) is 0. The predicted molar refractivity (Wildman–Crippen MR) is 186 cm³/mol. The molecule has 0 saturated heterocycles. The number of ketones is 2. The van der Waals surface area contributed by atoms with E-state index < -0.39 is 34.3 Å². The lowest BCUT2D eigenvalue weighted by molar-refractivity contribution is -0.185. The van der Waals surface area contributed by atoms with Crippen LogP contribution < -0.4 is 0 Å². The van der Waals surface area contributed by atoms with E-state index in [4.69, 9.17) is 4.74 Å². The number of aliphatic hydroxyl groups is 2. The van der Waals surface area contributed by atoms with E-state index in [-0.39, 0.29) is 12.8 Å². The minimum atomic E-state index is -2.87. The number of alkyl halides is 1. The van der Waals surface area contributed by atoms with Crippen LogP contribution in [0.4, 0.5) is 0 Å². The van der Waals surface area contributed by atoms with E-state index >= 15 is 0 Å². The first-order chi connectivity index (χ1) is 21.2. The molecular weight excluding hydrogens is 620 g/mol. The molecule has 0 fully saturated rings. The highest BCUT2D eigenvalue weighted by Gasteiger charge is 2.54. The summed E-state index contributed by atoms with van der Waals surface area (Å²) in [5, 5.41) is 21.1. The Labute approximate surface area is 279 Å². The van der Waals surface area contributed by atoms with Crippen LogP contribution in [0.2, 0.25) is 0 Å². The van der Waals surface area contributed by atoms with Gasteiger partial charge in [0.2, 0.25) is 0 Å². The number of Topliss-reactive ketones (excluding diaryl/α,β-unsaturated/α-hetero) is 2. The second kappa shape index (κ2) is 29.6. The molecule has 0 aliphatic rings. The normalized spacial score (nSPS) is 14.2. The Morgan fingerprint density at radius 3 is 1.18 bits per heavy atom. The molecule has 0 bridgehead atoms. The van der Waals surface area contributed by atoms with Crippen molar-refractivity contribution in [3.8, 4) is 0 Å². The molecule has 260 valence electrons. The zero-order valence-corrected chi connectivity index (χ0v) is 30.4. The number of aliphatic hydroxyl groups excluding tert-OH is 1. The van der Waals surface area contributed by atoms with E-state index in [0.717, 1.165) is 38.5 Å². The summed E-state index contributed by atoms with van der Waals surface area (Å²) >= 11 is 3.09. The fourth-order valence-corrected chi connectivity index (χ4v) is 5.97. The lowest BCUT2D eigenvalue weighted by Gasteiger charge is -2.29. The Morgan fingerprint density at radius 2 is 0.864 bits per heavy atom. The summed E-state index contributed by atoms with van der Waals surface area (Å²) in [4.78, 5) is 38.6. The largest absolute Gasteiger partial charge is 0.448 e. The molecule has 0 aliphatic heterocycles. The number of carbonyl (C=O) groups is 3. The molecule has 0 aliphatic carbocycles. The maximum Gasteiger partial charge on any atom is 0.350 e. The number of unbranched alkanes of at least 4 members (excludes halogenated alkanes) is 24. The molecule has 0 radical (unpaired) electrons. The second-order valence-electron chi connectivity index (χ2n) is 13.0. The van der Waals surface area contributed by atoms with Crippen LogP contribution >= 0.6 is 15.9 Å². The van der Waals surface area contributed by atoms with Crippen LogP contribution in [0.1, 0.15) is 201 Å². The smallest absolute Gasteiger partial charge is 0.350 e. The fraction of sp³-hybridized carbons (Fsp3) is 0.919. The van der Waals surface area contributed by atoms with Gasteiger partial charge in [-0.15, -0.1) is 0 Å². The number of hydrogen-bond acceptors (Lipinski definition) is 6. The molecule has 3 atom stereocenters. The molecule has 3 unspecified atom stereocenters. The molecule has 7 heteroatoms. The van der Waals surface area contributed by atoms with Gasteiger partial charge in [-0.1, -0.05) is 168 Å². The summed E-state index contributed by atoms with van der Waals surface area (Å²) in [6.07, 6.45) is 28.0. The Bertz CT molecular complexity index is 712. The van der Waals surface area contributed by atoms with Gasteiger partial charge in [-0.2, -0.15) is 0 Å². The van der Waals surface area contributed by atoms with Gasteiger partial charge in [0.25, 0.3) is 5.60 Å². The summed E-state index contributed by atoms with van der Waals surface area (Å²) in [6.45, 7) is 6.00. The van der Waals surface area contributed by atoms with Gasteiger partial charge >= 0.3 is 5.97 Å². The monoisotopic (exact) mass is 688 g/mol. The third kappa shape index (κ3) is 21.9. The van der Waals surface area contributed by atoms with Gasteiger partial charge in [-0.25, -0.2) is 4.79 Å². The summed E-state index contributed by atoms with van der Waals surface area (Å²) in [5.41, 5.74) is -2.87. The van der Waals surface area contributed by atoms with Gasteiger partial charge in [0.1, 0.15) is 0 Å². The Kier molecular flexibility index (Phi) is 29.1. The van der Waals surface area contributed by atoms with Crippen molar-refractivity contribution in [2.45, 2.75) is 217 Å². The third-order valence-electron chi connectivity index (χ3n) is 8.74. The molecule has 0 aromatic heterocycles. The van der Waals surface area contributed by atoms with E-state index in [2.05, 4.69) is 29.8 Å². The number of ether oxygens (including phenoxy) is 1. The van der Waals surface area contributed by atoms with E-state index in [9.17, 15) is 24.6 Å². The Hall–Kier alpha value is -0.790. The first kappa shape index (κ1) is 43.2. The average Bonchev–Trinajstić information content (AvgIpc) is 3.00. The van der Waals surface area contributed by atoms with Crippen molar-refractivity contribution in [1.29, 1.82) is 0 Å². The van der Waals surface area contributed by atoms with E-state index in [1.165, 1.54) is 122 Å². The minimum Gasteiger partial charge on any atom is -0.448 e. The standard InChI is InChI=1S/C37H69BrO6/c1-4-6-8-10-12-14-16-18-20-22-24-26-28-30-33(39)35(41)37(43,36(42)44-32(3)38)34(40)31-29-27-25-23-21-19-17-15-13-11-9-7-5-2/h32,35,41,43H,4-31H2,1-3H3. The van der Waals surface area contributed by atoms with Gasteiger partial charge in [-0.3, -0.25) is 9.59 Å². The molecule has 2 N–H and O–H groups in total. The molecule has 0 aromatic carbocycles. The molecular formula is C37H69BrO6. The van der Waals surface area contributed by atoms with E-state index in [1.54, 1.807) is 0 Å². The van der Waals surface area contributed by atoms with Gasteiger partial charge in [0.15, 0.2) is 22.7 Å². The third-order valence-corrected chi connectivity index (χ3v) is 8.93. The highest BCUT2D eigenvalue weighted by atomic mass is 79.9. The van der Waals surface area contributed by atoms with Crippen LogP contribution in [-0.4, -0.2) is 44.5 Å². The van der Waals surface area contributed by atoms with Crippen molar-refractivity contribution < 1.29 is 29.3 Å². The summed E-state index contributed by atoms with van der Waals surface area (Å²) < 4.78 is 5.04. The van der Waals surface area contributed by atoms with Crippen LogP contribution in [0.15, 0.2) is 0 Å². The van der Waals surface area contributed by atoms with E-state index in [0.29, 0.717) is 12.8 Å². The van der Waals surface area contributed by atoms with E-state index in [1.807, 2.05) is 0 Å². The van der Waals surface area contributed by atoms with Gasteiger partial charge in [0.05, 0.1) is 0 Å². The Balaban J connectivity index is 4.35. The number of rotatable bonds is 33. The maximum atomic E-state index is 13.0. The first-order valence-electron chi connectivity index (χ1n) is 18.5. The van der Waals surface area contributed by atoms with Gasteiger partial charge < -0.3 is 14.9 Å². The molecule has 0 heterocycles. The van der Waals surface area contributed by atoms with Crippen LogP contribution in [0.5, 0.6) is 0 Å². The predicted octanol–water partition coefficient (Wildman–Crippen LogP) is 10.5. The fourth-order valence-electron chi connectivity index (χ4n) is 5.80. The lowest BCUT2D eigenvalue weighted by atomic mass is 9.85. The van der Waals surface area contributed by atoms with Crippen molar-refractivity contribution >= 4 is 33.5 Å². The molecule has 6 nitrogen and oxygen atoms in total. The zero-order valence-electron chi connectivity index (χ0n) is 28.9. The molecule has 0 rings (SSSR count). The van der Waals surface area contributed by atoms with Crippen LogP contribution in [0, 0.1) is 0 Å². The van der Waals surface area contributed by atoms with Crippen LogP contribution in [0.25, 0.3) is 0 Å². The molecule has 0 spiro atoms. The quantitative estimate of drug-likeness (QED) is 0.0308. The molecule has 0 saturated carbocycles. The van der Waals surface area contributed by atoms with Crippen molar-refractivity contribution in [2.24, 2.45) is 0 Å². The van der Waals surface area contributed by atoms with Crippen LogP contribution in [-0.2, 0) is 19.1 Å². The average molecular weight is 690 g/mol. The SMILES string of the molecule is CCCCCCCCCCCCCCCC(=O)C(O)C(O)(C(=O)CCCCCCCCCCCCCCC)C(=O)OC(C)Br. The maximum absolute atomic E-state index is 13.0. The highest BCUT2D eigenvalue weighted by molar-refractivity contribution is 9.09. The van der Waals surface area contributed by atoms with Crippen molar-refractivity contribution in [3.63, 3.8) is 0 Å². The minimum absolute atomic E-state index is 0.0183. The van der Waals surface area contributed by atoms with Gasteiger partial charge in [0, 0.05) is 12.8 Å². The first-order valence-corrected chi connectivity index (χ1v) is 19.4. The highest BCUT2D eigenvalue weighted by Crippen LogP contribution is 2.24. The molecule has 44 heavy (non-hydrogen) atoms. The number of halogens is 1. The van der Waals surface area contributed by atoms with Crippen molar-refractivity contribution in [2.75, 3.05) is 0 Å². The van der Waals surface area contributed by atoms with Crippen LogP contribution in [0.3, 0.4) is 0 Å². The summed E-state index contributed by atoms with van der Waals surface area (Å²) in [5.74, 6) is -2.80. The topological polar surface area (TPSA) is 101 Å². The molecule has 0 aromatic rings. The summed E-state index contributed by atoms with van der Waals surface area (Å²) in [7, 11) is 0. The zero-order chi connectivity index (χ0) is 32.9. The lowest BCUT2D eigenvalue weighted by Crippen LogP contribution is -2.59. The van der Waals surface area contributed by atoms with Crippen molar-refractivity contribution in [1.82, 2.24) is 0 Å². The number of hydrogen-bond donors (Lipinski definition) is 2. The van der Waals surface area contributed by atoms with Gasteiger partial charge in [-0.05, 0) is 35.7 Å². The molecule has 0 amide bonds. The Morgan fingerprint density at radius 1 is 0.568 bits per heavy atom. The second-order valence-corrected chi connectivity index (χ2v) is 14.3. The number of carbonyl (C=O) groups excluding carboxylic acids is 3. The number of esters is 1.